The summed E-state index contributed by atoms with van der Waals surface area (Å²) in [5.74, 6) is 1.13. The molecule has 2 aromatic rings. The van der Waals surface area contributed by atoms with Gasteiger partial charge in [0.1, 0.15) is 5.58 Å². The standard InChI is InChI=1S/C23H32N4O3S/c1-26(2)31-25-22(28)20-14-16-13-17(9-10-19(16)30-20)24-23(29)21-18(11-12-27(21)3)15-7-5-4-6-8-15/h9-10,13-15,18,21H,4-8,11-12H2,1-3H3,(H,24,29)(H,25,28). The van der Waals surface area contributed by atoms with Crippen LogP contribution in [0.2, 0.25) is 0 Å². The topological polar surface area (TPSA) is 77.8 Å². The fraction of sp³-hybridized carbons (Fsp3) is 0.565. The molecule has 2 unspecified atom stereocenters. The number of furan rings is 1. The Morgan fingerprint density at radius 2 is 1.90 bits per heavy atom. The summed E-state index contributed by atoms with van der Waals surface area (Å²) >= 11 is 1.19. The predicted octanol–water partition coefficient (Wildman–Crippen LogP) is 4.13. The third-order valence-corrected chi connectivity index (χ3v) is 7.19. The Labute approximate surface area is 188 Å². The van der Waals surface area contributed by atoms with Crippen molar-refractivity contribution in [2.45, 2.75) is 44.6 Å². The van der Waals surface area contributed by atoms with Crippen LogP contribution in [-0.4, -0.2) is 54.7 Å². The second-order valence-corrected chi connectivity index (χ2v) is 10.1. The zero-order valence-electron chi connectivity index (χ0n) is 18.5. The average Bonchev–Trinajstić information content (AvgIpc) is 3.35. The summed E-state index contributed by atoms with van der Waals surface area (Å²) in [6.45, 7) is 0.976. The summed E-state index contributed by atoms with van der Waals surface area (Å²) in [7, 11) is 5.75. The van der Waals surface area contributed by atoms with E-state index in [0.29, 0.717) is 17.4 Å². The van der Waals surface area contributed by atoms with Crippen molar-refractivity contribution in [3.05, 3.63) is 30.0 Å². The molecule has 1 saturated heterocycles. The molecule has 4 rings (SSSR count). The van der Waals surface area contributed by atoms with Crippen LogP contribution in [-0.2, 0) is 4.79 Å². The van der Waals surface area contributed by atoms with Gasteiger partial charge in [-0.2, -0.15) is 0 Å². The maximum atomic E-state index is 13.2. The molecule has 7 nitrogen and oxygen atoms in total. The van der Waals surface area contributed by atoms with Crippen molar-refractivity contribution in [3.8, 4) is 0 Å². The summed E-state index contributed by atoms with van der Waals surface area (Å²) in [6.07, 6.45) is 7.51. The summed E-state index contributed by atoms with van der Waals surface area (Å²) in [4.78, 5) is 27.7. The number of amides is 2. The molecule has 1 aliphatic carbocycles. The van der Waals surface area contributed by atoms with Crippen molar-refractivity contribution >= 4 is 40.6 Å². The van der Waals surface area contributed by atoms with E-state index in [1.165, 1.54) is 44.2 Å². The molecular weight excluding hydrogens is 412 g/mol. The van der Waals surface area contributed by atoms with Crippen LogP contribution in [0.1, 0.15) is 49.1 Å². The molecule has 0 radical (unpaired) electrons. The summed E-state index contributed by atoms with van der Waals surface area (Å²) in [5, 5.41) is 3.91. The lowest BCUT2D eigenvalue weighted by molar-refractivity contribution is -0.121. The normalized spacial score (nSPS) is 22.8. The lowest BCUT2D eigenvalue weighted by Gasteiger charge is -2.32. The van der Waals surface area contributed by atoms with Gasteiger partial charge in [-0.15, -0.1) is 0 Å². The number of likely N-dealkylation sites (tertiary alicyclic amines) is 1. The highest BCUT2D eigenvalue weighted by molar-refractivity contribution is 7.95. The van der Waals surface area contributed by atoms with Crippen LogP contribution in [0.15, 0.2) is 28.7 Å². The molecule has 1 aromatic heterocycles. The number of nitrogens with zero attached hydrogens (tertiary/aromatic N) is 2. The van der Waals surface area contributed by atoms with E-state index in [-0.39, 0.29) is 23.6 Å². The largest absolute Gasteiger partial charge is 0.451 e. The van der Waals surface area contributed by atoms with Crippen LogP contribution in [0.4, 0.5) is 5.69 Å². The number of hydrogen-bond acceptors (Lipinski definition) is 6. The van der Waals surface area contributed by atoms with Crippen molar-refractivity contribution in [1.82, 2.24) is 13.9 Å². The molecule has 2 aliphatic rings. The molecule has 2 N–H and O–H groups in total. The third kappa shape index (κ3) is 5.07. The van der Waals surface area contributed by atoms with Crippen LogP contribution in [0.5, 0.6) is 0 Å². The molecular formula is C23H32N4O3S. The predicted molar refractivity (Wildman–Crippen MR) is 125 cm³/mol. The van der Waals surface area contributed by atoms with Gasteiger partial charge in [0.05, 0.1) is 6.04 Å². The van der Waals surface area contributed by atoms with Crippen molar-refractivity contribution in [2.75, 3.05) is 33.0 Å². The highest BCUT2D eigenvalue weighted by Crippen LogP contribution is 2.38. The summed E-state index contributed by atoms with van der Waals surface area (Å²) in [5.41, 5.74) is 1.35. The number of carbonyl (C=O) groups excluding carboxylic acids is 2. The number of likely N-dealkylation sites (N-methyl/N-ethyl adjacent to an activating group) is 1. The fourth-order valence-electron chi connectivity index (χ4n) is 5.06. The smallest absolute Gasteiger partial charge is 0.297 e. The van der Waals surface area contributed by atoms with Gasteiger partial charge in [-0.1, -0.05) is 32.1 Å². The molecule has 1 aliphatic heterocycles. The number of hydrogen-bond donors (Lipinski definition) is 2. The minimum absolute atomic E-state index is 0.0683. The van der Waals surface area contributed by atoms with Crippen LogP contribution in [0.3, 0.4) is 0 Å². The SMILES string of the molecule is CN(C)SNC(=O)c1cc2cc(NC(=O)C3C(C4CCCCC4)CCN3C)ccc2o1. The minimum Gasteiger partial charge on any atom is -0.451 e. The van der Waals surface area contributed by atoms with Crippen molar-refractivity contribution in [2.24, 2.45) is 11.8 Å². The van der Waals surface area contributed by atoms with Gasteiger partial charge < -0.3 is 9.73 Å². The Hall–Kier alpha value is -2.03. The molecule has 2 amide bonds. The molecule has 2 heterocycles. The van der Waals surface area contributed by atoms with Gasteiger partial charge in [0.25, 0.3) is 5.91 Å². The number of benzene rings is 1. The second kappa shape index (κ2) is 9.63. The van der Waals surface area contributed by atoms with Gasteiger partial charge in [0.15, 0.2) is 5.76 Å². The lowest BCUT2D eigenvalue weighted by atomic mass is 9.76. The first-order valence-corrected chi connectivity index (χ1v) is 11.9. The van der Waals surface area contributed by atoms with Crippen LogP contribution < -0.4 is 10.0 Å². The monoisotopic (exact) mass is 444 g/mol. The number of rotatable bonds is 6. The Kier molecular flexibility index (Phi) is 6.89. The molecule has 1 saturated carbocycles. The summed E-state index contributed by atoms with van der Waals surface area (Å²) in [6, 6.07) is 7.15. The Bertz CT molecular complexity index is 938. The lowest BCUT2D eigenvalue weighted by Crippen LogP contribution is -2.43. The number of anilines is 1. The Morgan fingerprint density at radius 1 is 1.13 bits per heavy atom. The first kappa shape index (κ1) is 22.2. The van der Waals surface area contributed by atoms with E-state index in [0.717, 1.165) is 24.0 Å². The highest BCUT2D eigenvalue weighted by Gasteiger charge is 2.41. The zero-order chi connectivity index (χ0) is 22.0. The van der Waals surface area contributed by atoms with Crippen molar-refractivity contribution in [3.63, 3.8) is 0 Å². The fourth-order valence-corrected chi connectivity index (χ4v) is 5.43. The molecule has 1 aromatic carbocycles. The van der Waals surface area contributed by atoms with Gasteiger partial charge in [0, 0.05) is 23.2 Å². The van der Waals surface area contributed by atoms with Gasteiger partial charge in [-0.3, -0.25) is 19.2 Å². The van der Waals surface area contributed by atoms with E-state index < -0.39 is 0 Å². The molecule has 0 spiro atoms. The Balaban J connectivity index is 1.45. The van der Waals surface area contributed by atoms with Crippen molar-refractivity contribution < 1.29 is 14.0 Å². The minimum atomic E-state index is -0.289. The Morgan fingerprint density at radius 3 is 2.65 bits per heavy atom. The molecule has 0 bridgehead atoms. The van der Waals surface area contributed by atoms with Gasteiger partial charge in [0.2, 0.25) is 5.91 Å². The molecule has 8 heteroatoms. The van der Waals surface area contributed by atoms with E-state index in [1.54, 1.807) is 16.4 Å². The number of fused-ring (bicyclic) bond motifs is 1. The van der Waals surface area contributed by atoms with Crippen LogP contribution in [0, 0.1) is 11.8 Å². The van der Waals surface area contributed by atoms with Crippen molar-refractivity contribution in [1.29, 1.82) is 0 Å². The van der Waals surface area contributed by atoms with Gasteiger partial charge in [-0.25, -0.2) is 4.31 Å². The van der Waals surface area contributed by atoms with E-state index in [4.69, 9.17) is 4.42 Å². The van der Waals surface area contributed by atoms with E-state index in [1.807, 2.05) is 26.2 Å². The number of carbonyl (C=O) groups is 2. The van der Waals surface area contributed by atoms with E-state index in [2.05, 4.69) is 22.0 Å². The second-order valence-electron chi connectivity index (χ2n) is 8.96. The van der Waals surface area contributed by atoms with Crippen LogP contribution in [0.25, 0.3) is 11.0 Å². The average molecular weight is 445 g/mol. The third-order valence-electron chi connectivity index (χ3n) is 6.55. The quantitative estimate of drug-likeness (QED) is 0.653. The van der Waals surface area contributed by atoms with Gasteiger partial charge >= 0.3 is 0 Å². The van der Waals surface area contributed by atoms with Gasteiger partial charge in [-0.05, 0) is 70.2 Å². The number of nitrogens with one attached hydrogen (secondary N) is 2. The first-order valence-electron chi connectivity index (χ1n) is 11.1. The highest BCUT2D eigenvalue weighted by atomic mass is 32.2. The summed E-state index contributed by atoms with van der Waals surface area (Å²) < 4.78 is 10.2. The zero-order valence-corrected chi connectivity index (χ0v) is 19.3. The van der Waals surface area contributed by atoms with E-state index in [9.17, 15) is 9.59 Å². The molecule has 168 valence electrons. The van der Waals surface area contributed by atoms with E-state index >= 15 is 0 Å². The molecule has 2 fully saturated rings. The maximum Gasteiger partial charge on any atom is 0.297 e. The molecule has 2 atom stereocenters. The first-order chi connectivity index (χ1) is 14.9. The maximum absolute atomic E-state index is 13.2. The molecule has 31 heavy (non-hydrogen) atoms. The van der Waals surface area contributed by atoms with Crippen LogP contribution >= 0.6 is 12.1 Å².